The van der Waals surface area contributed by atoms with E-state index in [2.05, 4.69) is 10.0 Å². The molecule has 200 valence electrons. The van der Waals surface area contributed by atoms with Crippen LogP contribution in [0.3, 0.4) is 0 Å². The summed E-state index contributed by atoms with van der Waals surface area (Å²) in [5, 5.41) is 3.05. The Hall–Kier alpha value is -2.93. The molecule has 3 aliphatic rings. The summed E-state index contributed by atoms with van der Waals surface area (Å²) in [6.45, 7) is 5.16. The van der Waals surface area contributed by atoms with E-state index in [0.717, 1.165) is 19.1 Å². The molecule has 1 saturated carbocycles. The molecule has 8 nitrogen and oxygen atoms in total. The molecule has 2 aromatic rings. The highest BCUT2D eigenvalue weighted by molar-refractivity contribution is 14.1. The number of amides is 1. The predicted molar refractivity (Wildman–Crippen MR) is 151 cm³/mol. The average molecular weight is 651 g/mol. The van der Waals surface area contributed by atoms with Crippen LogP contribution in [0.4, 0.5) is 15.8 Å². The van der Waals surface area contributed by atoms with Gasteiger partial charge in [-0.2, -0.15) is 0 Å². The van der Waals surface area contributed by atoms with E-state index in [-0.39, 0.29) is 23.2 Å². The Kier molecular flexibility index (Phi) is 6.79. The fraction of sp³-hybridized carbons (Fsp3) is 0.333. The number of esters is 1. The van der Waals surface area contributed by atoms with Gasteiger partial charge in [-0.05, 0) is 91.6 Å². The number of hydrogen-bond donors (Lipinski definition) is 2. The van der Waals surface area contributed by atoms with E-state index in [1.807, 2.05) is 35.6 Å². The van der Waals surface area contributed by atoms with Gasteiger partial charge in [0, 0.05) is 26.6 Å². The zero-order valence-corrected chi connectivity index (χ0v) is 24.2. The minimum atomic E-state index is -3.54. The van der Waals surface area contributed by atoms with Gasteiger partial charge in [-0.15, -0.1) is 0 Å². The summed E-state index contributed by atoms with van der Waals surface area (Å²) in [6, 6.07) is 9.90. The fourth-order valence-corrected chi connectivity index (χ4v) is 6.25. The van der Waals surface area contributed by atoms with Crippen molar-refractivity contribution >= 4 is 61.4 Å². The van der Waals surface area contributed by atoms with Gasteiger partial charge in [0.05, 0.1) is 23.2 Å². The number of ether oxygens (including phenoxy) is 1. The fourth-order valence-electron chi connectivity index (χ4n) is 5.18. The maximum atomic E-state index is 14.8. The van der Waals surface area contributed by atoms with E-state index in [9.17, 15) is 22.4 Å². The lowest BCUT2D eigenvalue weighted by Gasteiger charge is -2.44. The van der Waals surface area contributed by atoms with E-state index in [1.165, 1.54) is 6.07 Å². The normalized spacial score (nSPS) is 21.9. The number of nitrogens with zero attached hydrogens (tertiary/aromatic N) is 1. The zero-order chi connectivity index (χ0) is 27.5. The predicted octanol–water partition coefficient (Wildman–Crippen LogP) is 4.77. The summed E-state index contributed by atoms with van der Waals surface area (Å²) >= 11 is 2.01. The number of nitrogens with one attached hydrogen (secondary N) is 2. The summed E-state index contributed by atoms with van der Waals surface area (Å²) in [6.07, 6.45) is 1.79. The lowest BCUT2D eigenvalue weighted by molar-refractivity contribution is -0.151. The van der Waals surface area contributed by atoms with Crippen molar-refractivity contribution in [2.24, 2.45) is 5.92 Å². The first-order valence-corrected chi connectivity index (χ1v) is 15.1. The summed E-state index contributed by atoms with van der Waals surface area (Å²) in [5.74, 6) is -2.25. The lowest BCUT2D eigenvalue weighted by Crippen LogP contribution is -2.52. The molecule has 38 heavy (non-hydrogen) atoms. The molecule has 0 aromatic heterocycles. The Morgan fingerprint density at radius 1 is 1.08 bits per heavy atom. The van der Waals surface area contributed by atoms with Gasteiger partial charge < -0.3 is 15.0 Å². The largest absolute Gasteiger partial charge is 0.453 e. The number of carbonyl (C=O) groups excluding carboxylic acids is 2. The minimum Gasteiger partial charge on any atom is -0.453 e. The van der Waals surface area contributed by atoms with Crippen LogP contribution in [0.5, 0.6) is 0 Å². The van der Waals surface area contributed by atoms with Crippen LogP contribution >= 0.6 is 22.6 Å². The molecule has 1 fully saturated rings. The Morgan fingerprint density at radius 2 is 1.79 bits per heavy atom. The molecular weight excluding hydrogens is 624 g/mol. The first-order chi connectivity index (χ1) is 17.9. The summed E-state index contributed by atoms with van der Waals surface area (Å²) in [4.78, 5) is 28.8. The van der Waals surface area contributed by atoms with Crippen molar-refractivity contribution in [3.8, 4) is 0 Å². The van der Waals surface area contributed by atoms with Crippen LogP contribution in [0, 0.1) is 22.2 Å². The molecular formula is C27H27FIN3O5S. The van der Waals surface area contributed by atoms with Gasteiger partial charge in [0.2, 0.25) is 15.9 Å². The quantitative estimate of drug-likeness (QED) is 0.345. The van der Waals surface area contributed by atoms with Gasteiger partial charge in [-0.1, -0.05) is 12.1 Å². The smallest absolute Gasteiger partial charge is 0.336 e. The van der Waals surface area contributed by atoms with Gasteiger partial charge in [0.1, 0.15) is 17.8 Å². The van der Waals surface area contributed by atoms with Gasteiger partial charge in [0.15, 0.2) is 0 Å². The van der Waals surface area contributed by atoms with Crippen LogP contribution in [-0.2, 0) is 24.3 Å². The summed E-state index contributed by atoms with van der Waals surface area (Å²) in [7, 11) is -3.54. The first kappa shape index (κ1) is 26.7. The molecule has 2 atom stereocenters. The van der Waals surface area contributed by atoms with Crippen LogP contribution in [-0.4, -0.2) is 43.6 Å². The standard InChI is InChI=1S/C27H27FIN3O5S/c1-13-18(6-5-7-20(13)31-38(4,35)36)22-15(3)32(17-9-10-17)26(33)23-24(14(2)27(34)37-25(22)23)30-21-11-8-16(29)12-19(21)28/h5-8,11-12,17,23,25,30-31H,9-10H2,1-4H3/t23-,25-/m0/s1. The van der Waals surface area contributed by atoms with Gasteiger partial charge >= 0.3 is 5.97 Å². The molecule has 0 spiro atoms. The summed E-state index contributed by atoms with van der Waals surface area (Å²) in [5.41, 5.74) is 3.64. The van der Waals surface area contributed by atoms with Crippen molar-refractivity contribution in [1.29, 1.82) is 0 Å². The van der Waals surface area contributed by atoms with E-state index in [4.69, 9.17) is 4.74 Å². The minimum absolute atomic E-state index is 0.0188. The van der Waals surface area contributed by atoms with Crippen molar-refractivity contribution in [2.45, 2.75) is 45.8 Å². The molecule has 0 radical (unpaired) electrons. The monoisotopic (exact) mass is 651 g/mol. The van der Waals surface area contributed by atoms with Crippen molar-refractivity contribution < 1.29 is 27.1 Å². The number of anilines is 2. The second-order valence-corrected chi connectivity index (χ2v) is 12.9. The number of allylic oxidation sites excluding steroid dienone is 1. The molecule has 2 aromatic carbocycles. The number of rotatable bonds is 6. The molecule has 2 aliphatic heterocycles. The molecule has 0 saturated heterocycles. The van der Waals surface area contributed by atoms with E-state index >= 15 is 0 Å². The second-order valence-electron chi connectivity index (χ2n) is 9.88. The summed E-state index contributed by atoms with van der Waals surface area (Å²) < 4.78 is 47.9. The maximum Gasteiger partial charge on any atom is 0.336 e. The third kappa shape index (κ3) is 4.81. The van der Waals surface area contributed by atoms with Crippen LogP contribution in [0.2, 0.25) is 0 Å². The third-order valence-corrected chi connectivity index (χ3v) is 8.39. The number of benzene rings is 2. The van der Waals surface area contributed by atoms with Crippen molar-refractivity contribution in [3.63, 3.8) is 0 Å². The van der Waals surface area contributed by atoms with Crippen molar-refractivity contribution in [1.82, 2.24) is 4.90 Å². The Labute approximate surface area is 234 Å². The Balaban J connectivity index is 1.67. The molecule has 2 heterocycles. The van der Waals surface area contributed by atoms with E-state index < -0.39 is 33.8 Å². The van der Waals surface area contributed by atoms with E-state index in [1.54, 1.807) is 43.0 Å². The van der Waals surface area contributed by atoms with Gasteiger partial charge in [-0.25, -0.2) is 17.6 Å². The SMILES string of the molecule is CC1=C(Nc2ccc(I)cc2F)[C@@H]2C(=O)N(C3CC3)C(C)=C(c3cccc(NS(C)(=O)=O)c3C)[C@@H]2OC1=O. The number of hydrogen-bond acceptors (Lipinski definition) is 6. The van der Waals surface area contributed by atoms with Crippen LogP contribution < -0.4 is 10.0 Å². The molecule has 5 rings (SSSR count). The lowest BCUT2D eigenvalue weighted by atomic mass is 9.79. The second kappa shape index (κ2) is 9.67. The topological polar surface area (TPSA) is 105 Å². The highest BCUT2D eigenvalue weighted by Gasteiger charge is 2.52. The Morgan fingerprint density at radius 3 is 2.42 bits per heavy atom. The molecule has 2 N–H and O–H groups in total. The van der Waals surface area contributed by atoms with Crippen molar-refractivity contribution in [2.75, 3.05) is 16.3 Å². The highest BCUT2D eigenvalue weighted by Crippen LogP contribution is 2.47. The Bertz CT molecular complexity index is 1550. The molecule has 11 heteroatoms. The number of sulfonamides is 1. The third-order valence-electron chi connectivity index (χ3n) is 7.13. The number of fused-ring (bicyclic) bond motifs is 1. The average Bonchev–Trinajstić information content (AvgIpc) is 3.65. The highest BCUT2D eigenvalue weighted by atomic mass is 127. The van der Waals surface area contributed by atoms with Crippen LogP contribution in [0.1, 0.15) is 37.8 Å². The number of halogens is 2. The van der Waals surface area contributed by atoms with Crippen LogP contribution in [0.15, 0.2) is 53.4 Å². The maximum absolute atomic E-state index is 14.8. The zero-order valence-electron chi connectivity index (χ0n) is 21.3. The van der Waals surface area contributed by atoms with Crippen LogP contribution in [0.25, 0.3) is 5.57 Å². The first-order valence-electron chi connectivity index (χ1n) is 12.1. The van der Waals surface area contributed by atoms with Crippen molar-refractivity contribution in [3.05, 3.63) is 73.9 Å². The molecule has 1 aliphatic carbocycles. The van der Waals surface area contributed by atoms with E-state index in [0.29, 0.717) is 37.4 Å². The molecule has 0 bridgehead atoms. The molecule has 1 amide bonds. The van der Waals surface area contributed by atoms with Gasteiger partial charge in [-0.3, -0.25) is 9.52 Å². The molecule has 0 unspecified atom stereocenters. The number of carbonyl (C=O) groups is 2. The van der Waals surface area contributed by atoms with Gasteiger partial charge in [0.25, 0.3) is 0 Å².